The standard InChI is InChI=1S/C7H5ClO/c8-7(9)6-4-2-1-3-5-6/h1-5H/i7-1. The number of carbonyl (C=O) groups is 1. The first-order valence-electron chi connectivity index (χ1n) is 2.55. The van der Waals surface area contributed by atoms with Crippen LogP contribution in [0.25, 0.3) is 0 Å². The van der Waals surface area contributed by atoms with Crippen molar-refractivity contribution in [1.29, 1.82) is 0 Å². The Morgan fingerprint density at radius 3 is 2.11 bits per heavy atom. The van der Waals surface area contributed by atoms with E-state index in [0.717, 1.165) is 0 Å². The van der Waals surface area contributed by atoms with Crippen LogP contribution in [-0.4, -0.2) is 5.24 Å². The summed E-state index contributed by atoms with van der Waals surface area (Å²) in [5.74, 6) is 0. The Kier molecular flexibility index (Phi) is 1.85. The largest absolute Gasteiger partial charge is 0.276 e. The SMILES string of the molecule is O=[11C](Cl)c1ccccc1. The molecule has 1 aromatic rings. The monoisotopic (exact) mass is 139 g/mol. The lowest BCUT2D eigenvalue weighted by Gasteiger charge is -1.87. The first-order valence-corrected chi connectivity index (χ1v) is 2.93. The number of hydrogen-bond donors (Lipinski definition) is 0. The van der Waals surface area contributed by atoms with E-state index in [1.54, 1.807) is 24.3 Å². The van der Waals surface area contributed by atoms with Gasteiger partial charge in [-0.3, -0.25) is 4.79 Å². The van der Waals surface area contributed by atoms with Crippen molar-refractivity contribution >= 4 is 16.8 Å². The molecule has 0 saturated heterocycles. The molecule has 0 aliphatic carbocycles. The van der Waals surface area contributed by atoms with E-state index in [4.69, 9.17) is 11.6 Å². The minimum Gasteiger partial charge on any atom is -0.276 e. The fourth-order valence-corrected chi connectivity index (χ4v) is 0.695. The van der Waals surface area contributed by atoms with Gasteiger partial charge >= 0.3 is 0 Å². The van der Waals surface area contributed by atoms with E-state index in [2.05, 4.69) is 0 Å². The number of halogens is 1. The first kappa shape index (κ1) is 6.30. The van der Waals surface area contributed by atoms with Crippen molar-refractivity contribution in [1.82, 2.24) is 0 Å². The van der Waals surface area contributed by atoms with Gasteiger partial charge in [-0.25, -0.2) is 0 Å². The smallest absolute Gasteiger partial charge is 0.252 e. The predicted octanol–water partition coefficient (Wildman–Crippen LogP) is 2.07. The van der Waals surface area contributed by atoms with E-state index in [1.807, 2.05) is 6.07 Å². The van der Waals surface area contributed by atoms with Crippen LogP contribution >= 0.6 is 11.6 Å². The highest BCUT2D eigenvalue weighted by Crippen LogP contribution is 2.01. The third kappa shape index (κ3) is 1.54. The molecular formula is C7H5ClO. The van der Waals surface area contributed by atoms with Crippen LogP contribution in [0, 0.1) is 0 Å². The highest BCUT2D eigenvalue weighted by atomic mass is 35.5. The molecule has 0 aliphatic heterocycles. The van der Waals surface area contributed by atoms with E-state index < -0.39 is 5.24 Å². The van der Waals surface area contributed by atoms with Gasteiger partial charge in [0, 0.05) is 5.56 Å². The van der Waals surface area contributed by atoms with Gasteiger partial charge < -0.3 is 0 Å². The van der Waals surface area contributed by atoms with Gasteiger partial charge in [-0.15, -0.1) is 0 Å². The predicted molar refractivity (Wildman–Crippen MR) is 36.6 cm³/mol. The van der Waals surface area contributed by atoms with Crippen LogP contribution in [0.1, 0.15) is 10.4 Å². The molecule has 0 atom stereocenters. The molecular weight excluding hydrogens is 135 g/mol. The lowest BCUT2D eigenvalue weighted by atomic mass is 10.0. The van der Waals surface area contributed by atoms with Gasteiger partial charge in [-0.1, -0.05) is 30.3 Å². The summed E-state index contributed by atoms with van der Waals surface area (Å²) in [6.45, 7) is 0. The zero-order chi connectivity index (χ0) is 6.69. The Bertz CT molecular complexity index is 205. The molecule has 9 heavy (non-hydrogen) atoms. The highest BCUT2D eigenvalue weighted by Gasteiger charge is 1.95. The quantitative estimate of drug-likeness (QED) is 0.545. The summed E-state index contributed by atoms with van der Waals surface area (Å²) < 4.78 is 0. The Hall–Kier alpha value is -0.820. The van der Waals surface area contributed by atoms with Gasteiger partial charge in [0.05, 0.1) is 0 Å². The van der Waals surface area contributed by atoms with Crippen molar-refractivity contribution in [3.63, 3.8) is 0 Å². The Morgan fingerprint density at radius 2 is 1.78 bits per heavy atom. The summed E-state index contributed by atoms with van der Waals surface area (Å²) in [5.41, 5.74) is 0.541. The summed E-state index contributed by atoms with van der Waals surface area (Å²) in [6, 6.07) is 8.74. The Morgan fingerprint density at radius 1 is 1.22 bits per heavy atom. The molecule has 1 rings (SSSR count). The topological polar surface area (TPSA) is 17.1 Å². The van der Waals surface area contributed by atoms with E-state index >= 15 is 0 Å². The second-order valence-corrected chi connectivity index (χ2v) is 1.98. The fraction of sp³-hybridized carbons (Fsp3) is 0. The van der Waals surface area contributed by atoms with Crippen LogP contribution in [0.3, 0.4) is 0 Å². The van der Waals surface area contributed by atoms with Crippen molar-refractivity contribution in [2.24, 2.45) is 0 Å². The average molecular weight is 140 g/mol. The molecule has 1 aromatic carbocycles. The summed E-state index contributed by atoms with van der Waals surface area (Å²) in [5, 5.41) is -0.407. The van der Waals surface area contributed by atoms with Crippen LogP contribution in [0.2, 0.25) is 0 Å². The van der Waals surface area contributed by atoms with Crippen LogP contribution in [0.15, 0.2) is 30.3 Å². The van der Waals surface area contributed by atoms with E-state index in [0.29, 0.717) is 5.56 Å². The van der Waals surface area contributed by atoms with Crippen LogP contribution in [0.4, 0.5) is 0 Å². The van der Waals surface area contributed by atoms with Gasteiger partial charge in [0.2, 0.25) is 0 Å². The number of carbonyl (C=O) groups excluding carboxylic acids is 1. The van der Waals surface area contributed by atoms with Crippen molar-refractivity contribution in [2.45, 2.75) is 0 Å². The molecule has 0 unspecified atom stereocenters. The molecule has 0 spiro atoms. The lowest BCUT2D eigenvalue weighted by molar-refractivity contribution is 0.108. The number of rotatable bonds is 1. The highest BCUT2D eigenvalue weighted by molar-refractivity contribution is 6.67. The molecule has 1 nitrogen and oxygen atoms in total. The lowest BCUT2D eigenvalue weighted by Crippen LogP contribution is -1.84. The second-order valence-electron chi connectivity index (χ2n) is 1.64. The Labute approximate surface area is 58.3 Å². The minimum absolute atomic E-state index is 0.407. The second kappa shape index (κ2) is 2.65. The molecule has 0 bridgehead atoms. The van der Waals surface area contributed by atoms with Crippen molar-refractivity contribution in [3.8, 4) is 0 Å². The maximum absolute atomic E-state index is 10.4. The summed E-state index contributed by atoms with van der Waals surface area (Å²) in [7, 11) is 0. The third-order valence-corrected chi connectivity index (χ3v) is 1.22. The molecule has 0 saturated carbocycles. The van der Waals surface area contributed by atoms with Gasteiger partial charge in [0.15, 0.2) is 0 Å². The van der Waals surface area contributed by atoms with Crippen molar-refractivity contribution < 1.29 is 4.79 Å². The maximum atomic E-state index is 10.4. The zero-order valence-electron chi connectivity index (χ0n) is 4.67. The minimum atomic E-state index is -0.407. The summed E-state index contributed by atoms with van der Waals surface area (Å²) in [4.78, 5) is 10.4. The third-order valence-electron chi connectivity index (χ3n) is 1.00. The molecule has 0 radical (unpaired) electrons. The van der Waals surface area contributed by atoms with E-state index in [1.165, 1.54) is 0 Å². The van der Waals surface area contributed by atoms with Gasteiger partial charge in [-0.2, -0.15) is 0 Å². The number of benzene rings is 1. The molecule has 0 fully saturated rings. The molecule has 0 aromatic heterocycles. The van der Waals surface area contributed by atoms with Crippen LogP contribution in [-0.2, 0) is 0 Å². The number of hydrogen-bond acceptors (Lipinski definition) is 1. The van der Waals surface area contributed by atoms with Crippen molar-refractivity contribution in [2.75, 3.05) is 0 Å². The van der Waals surface area contributed by atoms with Gasteiger partial charge in [0.25, 0.3) is 5.24 Å². The normalized spacial score (nSPS) is 9.00. The van der Waals surface area contributed by atoms with Crippen LogP contribution in [0.5, 0.6) is 0 Å². The molecule has 0 amide bonds. The summed E-state index contributed by atoms with van der Waals surface area (Å²) >= 11 is 5.16. The first-order chi connectivity index (χ1) is 4.30. The van der Waals surface area contributed by atoms with E-state index in [-0.39, 0.29) is 0 Å². The average Bonchev–Trinajstić information content (AvgIpc) is 1.90. The molecule has 2 heteroatoms. The molecule has 0 aliphatic rings. The van der Waals surface area contributed by atoms with Crippen molar-refractivity contribution in [3.05, 3.63) is 35.9 Å². The summed E-state index contributed by atoms with van der Waals surface area (Å²) in [6.07, 6.45) is 0. The Balaban J connectivity index is 2.98. The molecule has 0 N–H and O–H groups in total. The van der Waals surface area contributed by atoms with Gasteiger partial charge in [0.1, 0.15) is 0 Å². The fourth-order valence-electron chi connectivity index (χ4n) is 0.569. The van der Waals surface area contributed by atoms with Crippen LogP contribution < -0.4 is 0 Å². The molecule has 0 heterocycles. The van der Waals surface area contributed by atoms with Gasteiger partial charge in [-0.05, 0) is 11.6 Å². The molecule has 46 valence electrons. The maximum Gasteiger partial charge on any atom is 0.252 e. The van der Waals surface area contributed by atoms with E-state index in [9.17, 15) is 4.79 Å². The zero-order valence-corrected chi connectivity index (χ0v) is 5.43.